The molecule has 13 heteroatoms. The highest BCUT2D eigenvalue weighted by atomic mass is 16.4. The fourth-order valence-corrected chi connectivity index (χ4v) is 5.68. The number of furan rings is 2. The van der Waals surface area contributed by atoms with Crippen LogP contribution in [0.25, 0.3) is 34.8 Å². The number of hydrogen-bond donors (Lipinski definition) is 3. The van der Waals surface area contributed by atoms with Crippen LogP contribution < -0.4 is 10.9 Å². The molecule has 0 aliphatic carbocycles. The standard InChI is InChI=1S/C22H24N4O3.C16H12N2O4/c1-15-19(21(27)24-23-15)14-18-7-8-20(29-18)16-5-3-6-17(13-16)22(28)26-10-4-9-25(2)11-12-26;1-9-13(15(19)18-17-9)8-12-5-6-14(22-12)10-3-2-4-11(7-10)16(20)21/h3,5-8,13-14H,4,9-12H2,1-2H3,(H,24,27);2-8H,1H3,(H,18,19)(H,20,21)/b19-14+;13-8+. The number of carbonyl (C=O) groups is 4. The van der Waals surface area contributed by atoms with Crippen LogP contribution in [0, 0.1) is 0 Å². The SMILES string of the molecule is CC1=NNC(=O)/C1=C/c1ccc(-c2cccc(C(=O)N3CCCN(C)CC3)c2)o1.CC1=NNC(=O)/C1=C/c1ccc(-c2cccc(C(=O)O)c2)o1. The van der Waals surface area contributed by atoms with Gasteiger partial charge in [-0.25, -0.2) is 15.6 Å². The Morgan fingerprint density at radius 1 is 0.725 bits per heavy atom. The Balaban J connectivity index is 0.000000183. The minimum Gasteiger partial charge on any atom is -0.478 e. The van der Waals surface area contributed by atoms with E-state index in [1.807, 2.05) is 35.2 Å². The average molecular weight is 689 g/mol. The quantitative estimate of drug-likeness (QED) is 0.234. The second kappa shape index (κ2) is 15.0. The first kappa shape index (κ1) is 34.5. The van der Waals surface area contributed by atoms with Crippen LogP contribution in [0.2, 0.25) is 0 Å². The minimum atomic E-state index is -0.995. The molecule has 3 amide bonds. The Bertz CT molecular complexity index is 2140. The van der Waals surface area contributed by atoms with Gasteiger partial charge in [0.25, 0.3) is 17.7 Å². The van der Waals surface area contributed by atoms with Crippen LogP contribution in [-0.4, -0.2) is 83.2 Å². The summed E-state index contributed by atoms with van der Waals surface area (Å²) in [7, 11) is 2.08. The first-order chi connectivity index (χ1) is 24.5. The topological polar surface area (TPSA) is 170 Å². The highest BCUT2D eigenvalue weighted by Crippen LogP contribution is 2.27. The Hall–Kier alpha value is -6.34. The summed E-state index contributed by atoms with van der Waals surface area (Å²) in [5, 5.41) is 16.8. The van der Waals surface area contributed by atoms with Crippen molar-refractivity contribution in [1.29, 1.82) is 0 Å². The maximum atomic E-state index is 13.0. The van der Waals surface area contributed by atoms with E-state index in [1.54, 1.807) is 56.3 Å². The number of amides is 3. The number of carboxylic acids is 1. The Labute approximate surface area is 293 Å². The van der Waals surface area contributed by atoms with Crippen molar-refractivity contribution in [3.63, 3.8) is 0 Å². The zero-order chi connectivity index (χ0) is 36.1. The molecule has 260 valence electrons. The fraction of sp³-hybridized carbons (Fsp3) is 0.211. The number of benzene rings is 2. The third-order valence-corrected chi connectivity index (χ3v) is 8.54. The molecule has 0 spiro atoms. The molecule has 3 N–H and O–H groups in total. The van der Waals surface area contributed by atoms with E-state index < -0.39 is 5.97 Å². The van der Waals surface area contributed by atoms with E-state index in [1.165, 1.54) is 12.1 Å². The summed E-state index contributed by atoms with van der Waals surface area (Å²) >= 11 is 0. The van der Waals surface area contributed by atoms with Crippen molar-refractivity contribution < 1.29 is 33.1 Å². The van der Waals surface area contributed by atoms with Gasteiger partial charge in [0.15, 0.2) is 0 Å². The number of nitrogens with one attached hydrogen (secondary N) is 2. The van der Waals surface area contributed by atoms with Crippen LogP contribution in [-0.2, 0) is 9.59 Å². The summed E-state index contributed by atoms with van der Waals surface area (Å²) in [4.78, 5) is 51.5. The number of hydrazone groups is 2. The lowest BCUT2D eigenvalue weighted by atomic mass is 10.1. The van der Waals surface area contributed by atoms with Crippen molar-refractivity contribution in [3.8, 4) is 22.6 Å². The molecule has 1 saturated heterocycles. The van der Waals surface area contributed by atoms with Gasteiger partial charge in [-0.15, -0.1) is 0 Å². The van der Waals surface area contributed by atoms with Crippen molar-refractivity contribution in [1.82, 2.24) is 20.7 Å². The van der Waals surface area contributed by atoms with Crippen LogP contribution in [0.5, 0.6) is 0 Å². The van der Waals surface area contributed by atoms with Gasteiger partial charge in [0.2, 0.25) is 0 Å². The van der Waals surface area contributed by atoms with Crippen LogP contribution in [0.4, 0.5) is 0 Å². The Morgan fingerprint density at radius 2 is 1.25 bits per heavy atom. The van der Waals surface area contributed by atoms with Gasteiger partial charge in [-0.3, -0.25) is 14.4 Å². The highest BCUT2D eigenvalue weighted by molar-refractivity contribution is 6.27. The number of nitrogens with zero attached hydrogens (tertiary/aromatic N) is 4. The molecule has 0 unspecified atom stereocenters. The normalized spacial score (nSPS) is 17.7. The molecule has 0 bridgehead atoms. The van der Waals surface area contributed by atoms with Crippen molar-refractivity contribution in [2.24, 2.45) is 10.2 Å². The van der Waals surface area contributed by atoms with E-state index in [9.17, 15) is 19.2 Å². The number of rotatable bonds is 6. The Morgan fingerprint density at radius 3 is 1.76 bits per heavy atom. The van der Waals surface area contributed by atoms with Crippen molar-refractivity contribution in [2.45, 2.75) is 20.3 Å². The lowest BCUT2D eigenvalue weighted by Gasteiger charge is -2.20. The van der Waals surface area contributed by atoms with Crippen LogP contribution in [0.3, 0.4) is 0 Å². The first-order valence-electron chi connectivity index (χ1n) is 16.3. The summed E-state index contributed by atoms with van der Waals surface area (Å²) in [5.74, 6) is 0.777. The smallest absolute Gasteiger partial charge is 0.335 e. The number of hydrogen-bond acceptors (Lipinski definition) is 9. The number of carboxylic acid groups (broad SMARTS) is 1. The fourth-order valence-electron chi connectivity index (χ4n) is 5.68. The maximum absolute atomic E-state index is 13.0. The monoisotopic (exact) mass is 688 g/mol. The van der Waals surface area contributed by atoms with Crippen molar-refractivity contribution in [3.05, 3.63) is 107 Å². The second-order valence-corrected chi connectivity index (χ2v) is 12.2. The van der Waals surface area contributed by atoms with Gasteiger partial charge in [0.1, 0.15) is 23.0 Å². The molecule has 0 radical (unpaired) electrons. The lowest BCUT2D eigenvalue weighted by molar-refractivity contribution is -0.117. The molecular formula is C38H36N6O7. The summed E-state index contributed by atoms with van der Waals surface area (Å²) in [6, 6.07) is 21.0. The van der Waals surface area contributed by atoms with Gasteiger partial charge in [-0.2, -0.15) is 10.2 Å². The lowest BCUT2D eigenvalue weighted by Crippen LogP contribution is -2.34. The molecule has 3 aliphatic heterocycles. The summed E-state index contributed by atoms with van der Waals surface area (Å²) in [5.41, 5.74) is 9.28. The van der Waals surface area contributed by atoms with E-state index >= 15 is 0 Å². The van der Waals surface area contributed by atoms with E-state index in [-0.39, 0.29) is 23.3 Å². The van der Waals surface area contributed by atoms with Gasteiger partial charge >= 0.3 is 5.97 Å². The van der Waals surface area contributed by atoms with E-state index in [4.69, 9.17) is 13.9 Å². The van der Waals surface area contributed by atoms with Crippen molar-refractivity contribution >= 4 is 47.3 Å². The van der Waals surface area contributed by atoms with Gasteiger partial charge in [-0.05, 0) is 94.5 Å². The molecule has 5 heterocycles. The summed E-state index contributed by atoms with van der Waals surface area (Å²) in [6.45, 7) is 6.90. The molecule has 7 rings (SSSR count). The van der Waals surface area contributed by atoms with E-state index in [0.717, 1.165) is 38.2 Å². The number of carbonyl (C=O) groups excluding carboxylic acids is 3. The Kier molecular flexibility index (Phi) is 10.2. The average Bonchev–Trinajstić information content (AvgIpc) is 3.91. The molecular weight excluding hydrogens is 652 g/mol. The third kappa shape index (κ3) is 8.11. The zero-order valence-electron chi connectivity index (χ0n) is 28.3. The zero-order valence-corrected chi connectivity index (χ0v) is 28.3. The van der Waals surface area contributed by atoms with Crippen LogP contribution in [0.15, 0.2) is 103 Å². The largest absolute Gasteiger partial charge is 0.478 e. The van der Waals surface area contributed by atoms with Gasteiger partial charge in [0, 0.05) is 36.3 Å². The second-order valence-electron chi connectivity index (χ2n) is 12.2. The molecule has 3 aliphatic rings. The molecule has 51 heavy (non-hydrogen) atoms. The van der Waals surface area contributed by atoms with E-state index in [0.29, 0.717) is 56.7 Å². The van der Waals surface area contributed by atoms with Gasteiger partial charge in [0.05, 0.1) is 28.1 Å². The molecule has 2 aromatic carbocycles. The van der Waals surface area contributed by atoms with Crippen LogP contribution >= 0.6 is 0 Å². The predicted molar refractivity (Wildman–Crippen MR) is 192 cm³/mol. The molecule has 1 fully saturated rings. The van der Waals surface area contributed by atoms with Gasteiger partial charge in [-0.1, -0.05) is 24.3 Å². The first-order valence-corrected chi connectivity index (χ1v) is 16.3. The third-order valence-electron chi connectivity index (χ3n) is 8.54. The minimum absolute atomic E-state index is 0.0468. The van der Waals surface area contributed by atoms with Gasteiger partial charge < -0.3 is 23.7 Å². The number of aromatic carboxylic acids is 1. The number of likely N-dealkylation sites (N-methyl/N-ethyl adjacent to an activating group) is 1. The predicted octanol–water partition coefficient (Wildman–Crippen LogP) is 5.15. The van der Waals surface area contributed by atoms with Crippen LogP contribution in [0.1, 0.15) is 52.5 Å². The summed E-state index contributed by atoms with van der Waals surface area (Å²) in [6.07, 6.45) is 4.26. The highest BCUT2D eigenvalue weighted by Gasteiger charge is 2.22. The molecule has 2 aromatic heterocycles. The molecule has 4 aromatic rings. The van der Waals surface area contributed by atoms with Crippen molar-refractivity contribution in [2.75, 3.05) is 33.2 Å². The molecule has 0 saturated carbocycles. The molecule has 13 nitrogen and oxygen atoms in total. The maximum Gasteiger partial charge on any atom is 0.335 e. The molecule has 0 atom stereocenters. The van der Waals surface area contributed by atoms with E-state index in [2.05, 4.69) is 33.0 Å². The summed E-state index contributed by atoms with van der Waals surface area (Å²) < 4.78 is 11.6.